The Kier molecular flexibility index (Phi) is 3.10. The normalized spacial score (nSPS) is 11.2. The molecule has 0 amide bonds. The average Bonchev–Trinajstić information content (AvgIpc) is 2.58. The van der Waals surface area contributed by atoms with E-state index in [0.29, 0.717) is 0 Å². The van der Waals surface area contributed by atoms with Crippen LogP contribution in [0.25, 0.3) is 11.0 Å². The number of aromatic amines is 1. The zero-order valence-corrected chi connectivity index (χ0v) is 8.17. The van der Waals surface area contributed by atoms with Crippen LogP contribution in [-0.2, 0) is 6.18 Å². The van der Waals surface area contributed by atoms with Crippen molar-refractivity contribution in [3.8, 4) is 0 Å². The van der Waals surface area contributed by atoms with E-state index in [-0.39, 0.29) is 22.1 Å². The molecule has 0 atom stereocenters. The number of carboxylic acid groups (broad SMARTS) is 1. The molecule has 0 bridgehead atoms. The van der Waals surface area contributed by atoms with Crippen molar-refractivity contribution in [2.75, 3.05) is 0 Å². The van der Waals surface area contributed by atoms with Crippen molar-refractivity contribution >= 4 is 17.0 Å². The lowest BCUT2D eigenvalue weighted by atomic mass is 10.2. The monoisotopic (exact) mass is 248 g/mol. The standard InChI is InChI=1S/C9H5F3N2O2.H2O/c10-9(11,12)8-13-5-2-1-4(7(15)16)3-6(5)14-8;/h1-3H,(H,13,14)(H,15,16);1H2. The fraction of sp³-hybridized carbons (Fsp3) is 0.111. The molecular formula is C9H7F3N2O3. The fourth-order valence-corrected chi connectivity index (χ4v) is 1.28. The summed E-state index contributed by atoms with van der Waals surface area (Å²) in [4.78, 5) is 15.9. The molecule has 1 heterocycles. The van der Waals surface area contributed by atoms with Crippen LogP contribution >= 0.6 is 0 Å². The molecule has 92 valence electrons. The Morgan fingerprint density at radius 1 is 1.35 bits per heavy atom. The van der Waals surface area contributed by atoms with Crippen molar-refractivity contribution in [2.45, 2.75) is 6.18 Å². The molecule has 2 rings (SSSR count). The molecule has 8 heteroatoms. The van der Waals surface area contributed by atoms with Crippen LogP contribution in [0, 0.1) is 0 Å². The van der Waals surface area contributed by atoms with Crippen LogP contribution in [-0.4, -0.2) is 26.5 Å². The topological polar surface area (TPSA) is 97.5 Å². The maximum atomic E-state index is 12.3. The lowest BCUT2D eigenvalue weighted by Gasteiger charge is -1.98. The van der Waals surface area contributed by atoms with Gasteiger partial charge in [-0.15, -0.1) is 0 Å². The molecule has 4 N–H and O–H groups in total. The highest BCUT2D eigenvalue weighted by Gasteiger charge is 2.34. The SMILES string of the molecule is O.O=C(O)c1ccc2nc(C(F)(F)F)[nH]c2c1. The van der Waals surface area contributed by atoms with Crippen LogP contribution < -0.4 is 0 Å². The van der Waals surface area contributed by atoms with Gasteiger partial charge in [-0.2, -0.15) is 13.2 Å². The van der Waals surface area contributed by atoms with E-state index in [1.54, 1.807) is 0 Å². The smallest absolute Gasteiger partial charge is 0.449 e. The minimum Gasteiger partial charge on any atom is -0.478 e. The number of nitrogens with zero attached hydrogens (tertiary/aromatic N) is 1. The first kappa shape index (κ1) is 13.0. The van der Waals surface area contributed by atoms with Crippen LogP contribution in [0.5, 0.6) is 0 Å². The number of hydrogen-bond acceptors (Lipinski definition) is 2. The Bertz CT molecular complexity index is 562. The van der Waals surface area contributed by atoms with Gasteiger partial charge in [0.2, 0.25) is 5.82 Å². The summed E-state index contributed by atoms with van der Waals surface area (Å²) in [6.07, 6.45) is -4.57. The molecule has 1 aromatic heterocycles. The van der Waals surface area contributed by atoms with E-state index in [9.17, 15) is 18.0 Å². The number of rotatable bonds is 1. The van der Waals surface area contributed by atoms with E-state index >= 15 is 0 Å². The summed E-state index contributed by atoms with van der Waals surface area (Å²) < 4.78 is 36.8. The van der Waals surface area contributed by atoms with Gasteiger partial charge in [0.05, 0.1) is 16.6 Å². The first-order valence-electron chi connectivity index (χ1n) is 4.18. The van der Waals surface area contributed by atoms with Gasteiger partial charge in [0.15, 0.2) is 0 Å². The van der Waals surface area contributed by atoms with Crippen LogP contribution in [0.2, 0.25) is 0 Å². The zero-order chi connectivity index (χ0) is 11.9. The van der Waals surface area contributed by atoms with E-state index in [4.69, 9.17) is 5.11 Å². The molecule has 0 radical (unpaired) electrons. The quantitative estimate of drug-likeness (QED) is 0.799. The lowest BCUT2D eigenvalue weighted by Crippen LogP contribution is -2.06. The molecule has 1 aromatic carbocycles. The largest absolute Gasteiger partial charge is 0.478 e. The third kappa shape index (κ3) is 2.36. The molecular weight excluding hydrogens is 241 g/mol. The number of fused-ring (bicyclic) bond motifs is 1. The summed E-state index contributed by atoms with van der Waals surface area (Å²) in [7, 11) is 0. The van der Waals surface area contributed by atoms with Crippen LogP contribution in [0.15, 0.2) is 18.2 Å². The molecule has 0 unspecified atom stereocenters. The Morgan fingerprint density at radius 2 is 2.00 bits per heavy atom. The van der Waals surface area contributed by atoms with Gasteiger partial charge in [0.1, 0.15) is 0 Å². The number of imidazole rings is 1. The van der Waals surface area contributed by atoms with Crippen molar-refractivity contribution in [1.29, 1.82) is 0 Å². The molecule has 0 aliphatic carbocycles. The molecule has 0 aliphatic heterocycles. The molecule has 17 heavy (non-hydrogen) atoms. The second kappa shape index (κ2) is 4.06. The molecule has 0 saturated heterocycles. The Morgan fingerprint density at radius 3 is 2.53 bits per heavy atom. The number of H-pyrrole nitrogens is 1. The second-order valence-corrected chi connectivity index (χ2v) is 3.12. The Balaban J connectivity index is 0.00000144. The minimum absolute atomic E-state index is 0. The number of nitrogens with one attached hydrogen (secondary N) is 1. The van der Waals surface area contributed by atoms with Crippen molar-refractivity contribution < 1.29 is 28.5 Å². The predicted octanol–water partition coefficient (Wildman–Crippen LogP) is 1.46. The van der Waals surface area contributed by atoms with Gasteiger partial charge < -0.3 is 15.6 Å². The van der Waals surface area contributed by atoms with Crippen LogP contribution in [0.4, 0.5) is 13.2 Å². The minimum atomic E-state index is -4.57. The highest BCUT2D eigenvalue weighted by Crippen LogP contribution is 2.28. The van der Waals surface area contributed by atoms with Gasteiger partial charge in [0, 0.05) is 0 Å². The zero-order valence-electron chi connectivity index (χ0n) is 8.17. The van der Waals surface area contributed by atoms with E-state index in [1.807, 2.05) is 4.98 Å². The molecule has 2 aromatic rings. The molecule has 0 fully saturated rings. The summed E-state index contributed by atoms with van der Waals surface area (Å²) in [5, 5.41) is 8.65. The van der Waals surface area contributed by atoms with Gasteiger partial charge in [-0.25, -0.2) is 9.78 Å². The van der Waals surface area contributed by atoms with E-state index in [2.05, 4.69) is 4.98 Å². The first-order valence-corrected chi connectivity index (χ1v) is 4.18. The van der Waals surface area contributed by atoms with Crippen molar-refractivity contribution in [3.05, 3.63) is 29.6 Å². The summed E-state index contributed by atoms with van der Waals surface area (Å²) in [5.41, 5.74) is 0.0365. The summed E-state index contributed by atoms with van der Waals surface area (Å²) in [6, 6.07) is 3.54. The third-order valence-corrected chi connectivity index (χ3v) is 2.00. The first-order chi connectivity index (χ1) is 7.38. The van der Waals surface area contributed by atoms with Crippen molar-refractivity contribution in [2.24, 2.45) is 0 Å². The summed E-state index contributed by atoms with van der Waals surface area (Å²) in [6.45, 7) is 0. The lowest BCUT2D eigenvalue weighted by molar-refractivity contribution is -0.144. The predicted molar refractivity (Wildman–Crippen MR) is 51.7 cm³/mol. The third-order valence-electron chi connectivity index (χ3n) is 2.00. The number of carboxylic acids is 1. The number of alkyl halides is 3. The number of aromatic nitrogens is 2. The van der Waals surface area contributed by atoms with Gasteiger partial charge in [0.25, 0.3) is 0 Å². The molecule has 0 aliphatic rings. The Labute approximate surface area is 92.2 Å². The number of carbonyl (C=O) groups is 1. The van der Waals surface area contributed by atoms with Gasteiger partial charge >= 0.3 is 12.1 Å². The molecule has 0 spiro atoms. The van der Waals surface area contributed by atoms with Gasteiger partial charge in [-0.05, 0) is 18.2 Å². The fourth-order valence-electron chi connectivity index (χ4n) is 1.28. The number of hydrogen-bond donors (Lipinski definition) is 2. The number of benzene rings is 1. The van der Waals surface area contributed by atoms with E-state index in [0.717, 1.165) is 6.07 Å². The number of halogens is 3. The summed E-state index contributed by atoms with van der Waals surface area (Å²) >= 11 is 0. The second-order valence-electron chi connectivity index (χ2n) is 3.12. The average molecular weight is 248 g/mol. The molecule has 5 nitrogen and oxygen atoms in total. The van der Waals surface area contributed by atoms with Gasteiger partial charge in [-0.3, -0.25) is 0 Å². The summed E-state index contributed by atoms with van der Waals surface area (Å²) in [5.74, 6) is -2.34. The molecule has 0 saturated carbocycles. The van der Waals surface area contributed by atoms with Crippen LogP contribution in [0.1, 0.15) is 16.2 Å². The Hall–Kier alpha value is -2.09. The van der Waals surface area contributed by atoms with Crippen LogP contribution in [0.3, 0.4) is 0 Å². The maximum absolute atomic E-state index is 12.3. The van der Waals surface area contributed by atoms with Crippen molar-refractivity contribution in [1.82, 2.24) is 9.97 Å². The highest BCUT2D eigenvalue weighted by molar-refractivity contribution is 5.92. The van der Waals surface area contributed by atoms with Crippen molar-refractivity contribution in [3.63, 3.8) is 0 Å². The van der Waals surface area contributed by atoms with E-state index in [1.165, 1.54) is 12.1 Å². The maximum Gasteiger partial charge on any atom is 0.449 e. The van der Waals surface area contributed by atoms with E-state index < -0.39 is 18.0 Å². The highest BCUT2D eigenvalue weighted by atomic mass is 19.4. The number of aromatic carboxylic acids is 1. The van der Waals surface area contributed by atoms with Gasteiger partial charge in [-0.1, -0.05) is 0 Å².